The third-order valence-electron chi connectivity index (χ3n) is 2.81. The lowest BCUT2D eigenvalue weighted by Gasteiger charge is -1.99. The lowest BCUT2D eigenvalue weighted by Crippen LogP contribution is -2.22. The Balaban J connectivity index is 2.31. The zero-order valence-electron chi connectivity index (χ0n) is 8.88. The molecule has 18 heavy (non-hydrogen) atoms. The number of amides is 2. The van der Waals surface area contributed by atoms with Gasteiger partial charge in [0.1, 0.15) is 5.03 Å². The molecule has 0 unspecified atom stereocenters. The highest BCUT2D eigenvalue weighted by Crippen LogP contribution is 2.34. The van der Waals surface area contributed by atoms with E-state index in [0.29, 0.717) is 5.56 Å². The van der Waals surface area contributed by atoms with Crippen molar-refractivity contribution in [3.63, 3.8) is 0 Å². The first-order valence-corrected chi connectivity index (χ1v) is 6.28. The summed E-state index contributed by atoms with van der Waals surface area (Å²) in [5.74, 6) is -1.02. The Morgan fingerprint density at radius 3 is 2.61 bits per heavy atom. The van der Waals surface area contributed by atoms with Crippen molar-refractivity contribution in [3.8, 4) is 0 Å². The molecule has 1 aliphatic heterocycles. The highest BCUT2D eigenvalue weighted by Gasteiger charge is 2.31. The minimum absolute atomic E-state index is 0.0686. The van der Waals surface area contributed by atoms with Crippen molar-refractivity contribution < 1.29 is 9.59 Å². The molecule has 6 heteroatoms. The Morgan fingerprint density at radius 2 is 1.94 bits per heavy atom. The average Bonchev–Trinajstić information content (AvgIpc) is 2.84. The van der Waals surface area contributed by atoms with Gasteiger partial charge in [-0.3, -0.25) is 14.9 Å². The molecule has 0 fully saturated rings. The lowest BCUT2D eigenvalue weighted by molar-refractivity contribution is -0.123. The van der Waals surface area contributed by atoms with Crippen LogP contribution in [-0.2, 0) is 9.59 Å². The van der Waals surface area contributed by atoms with Gasteiger partial charge in [0.25, 0.3) is 11.8 Å². The quantitative estimate of drug-likeness (QED) is 0.792. The number of aromatic nitrogens is 1. The molecule has 0 atom stereocenters. The topological polar surface area (TPSA) is 62.0 Å². The first-order chi connectivity index (χ1) is 8.59. The minimum Gasteiger partial charge on any atom is -0.360 e. The molecule has 0 saturated heterocycles. The van der Waals surface area contributed by atoms with E-state index < -0.39 is 11.8 Å². The second kappa shape index (κ2) is 3.96. The summed E-state index contributed by atoms with van der Waals surface area (Å²) in [6.07, 6.45) is 1.67. The number of nitrogens with one attached hydrogen (secondary N) is 2. The number of imide groups is 1. The summed E-state index contributed by atoms with van der Waals surface area (Å²) in [6.45, 7) is 0. The number of hydrogen-bond acceptors (Lipinski definition) is 2. The number of hydrogen-bond donors (Lipinski definition) is 2. The maximum atomic E-state index is 11.7. The number of para-hydroxylation sites is 1. The zero-order chi connectivity index (χ0) is 12.9. The zero-order valence-corrected chi connectivity index (χ0v) is 11.2. The molecule has 3 rings (SSSR count). The van der Waals surface area contributed by atoms with Gasteiger partial charge in [0.2, 0.25) is 0 Å². The number of aromatic amines is 1. The fourth-order valence-electron chi connectivity index (χ4n) is 2.00. The minimum atomic E-state index is -0.555. The van der Waals surface area contributed by atoms with Crippen LogP contribution in [0.2, 0.25) is 0 Å². The summed E-state index contributed by atoms with van der Waals surface area (Å²) in [4.78, 5) is 26.1. The van der Waals surface area contributed by atoms with Crippen LogP contribution >= 0.6 is 27.5 Å². The third-order valence-corrected chi connectivity index (χ3v) is 3.83. The van der Waals surface area contributed by atoms with Crippen molar-refractivity contribution in [2.45, 2.75) is 0 Å². The Morgan fingerprint density at radius 1 is 1.17 bits per heavy atom. The molecule has 0 saturated carbocycles. The summed E-state index contributed by atoms with van der Waals surface area (Å²) in [7, 11) is 0. The van der Waals surface area contributed by atoms with Crippen molar-refractivity contribution >= 4 is 55.8 Å². The fourth-order valence-corrected chi connectivity index (χ4v) is 2.71. The van der Waals surface area contributed by atoms with Gasteiger partial charge >= 0.3 is 0 Å². The number of carbonyl (C=O) groups is 2. The fraction of sp³-hybridized carbons (Fsp3) is 0. The monoisotopic (exact) mass is 324 g/mol. The van der Waals surface area contributed by atoms with Gasteiger partial charge in [-0.15, -0.1) is 0 Å². The highest BCUT2D eigenvalue weighted by atomic mass is 79.9. The van der Waals surface area contributed by atoms with Gasteiger partial charge in [-0.2, -0.15) is 0 Å². The van der Waals surface area contributed by atoms with Crippen LogP contribution in [0, 0.1) is 0 Å². The Hall–Kier alpha value is -1.59. The predicted molar refractivity (Wildman–Crippen MR) is 71.9 cm³/mol. The smallest absolute Gasteiger partial charge is 0.270 e. The van der Waals surface area contributed by atoms with Gasteiger partial charge in [0.05, 0.1) is 11.1 Å². The van der Waals surface area contributed by atoms with Gasteiger partial charge < -0.3 is 4.98 Å². The van der Waals surface area contributed by atoms with Gasteiger partial charge in [0.15, 0.2) is 0 Å². The molecule has 0 radical (unpaired) electrons. The van der Waals surface area contributed by atoms with Crippen LogP contribution in [0.25, 0.3) is 16.5 Å². The average molecular weight is 326 g/mol. The second-order valence-corrected chi connectivity index (χ2v) is 5.07. The molecule has 2 aromatic rings. The number of carbonyl (C=O) groups excluding carboxylic acids is 2. The normalized spacial score (nSPS) is 15.7. The number of rotatable bonds is 1. The summed E-state index contributed by atoms with van der Waals surface area (Å²) in [6, 6.07) is 5.60. The van der Waals surface area contributed by atoms with E-state index >= 15 is 0 Å². The van der Waals surface area contributed by atoms with Crippen LogP contribution in [0.5, 0.6) is 0 Å². The maximum absolute atomic E-state index is 11.7. The molecular formula is C12H6BrClN2O2. The van der Waals surface area contributed by atoms with Crippen molar-refractivity contribution in [3.05, 3.63) is 39.5 Å². The van der Waals surface area contributed by atoms with E-state index in [0.717, 1.165) is 15.4 Å². The Kier molecular flexibility index (Phi) is 2.53. The van der Waals surface area contributed by atoms with Crippen LogP contribution in [-0.4, -0.2) is 16.8 Å². The van der Waals surface area contributed by atoms with Crippen molar-refractivity contribution in [2.24, 2.45) is 0 Å². The summed E-state index contributed by atoms with van der Waals surface area (Å²) in [5, 5.41) is 2.94. The highest BCUT2D eigenvalue weighted by molar-refractivity contribution is 9.10. The second-order valence-electron chi connectivity index (χ2n) is 3.84. The number of fused-ring (bicyclic) bond motifs is 1. The molecule has 0 bridgehead atoms. The van der Waals surface area contributed by atoms with E-state index in [4.69, 9.17) is 11.6 Å². The first kappa shape index (κ1) is 11.5. The van der Waals surface area contributed by atoms with E-state index in [1.54, 1.807) is 6.20 Å². The molecule has 1 aromatic heterocycles. The van der Waals surface area contributed by atoms with E-state index in [-0.39, 0.29) is 10.6 Å². The third kappa shape index (κ3) is 1.51. The van der Waals surface area contributed by atoms with Gasteiger partial charge in [-0.25, -0.2) is 0 Å². The van der Waals surface area contributed by atoms with Crippen molar-refractivity contribution in [1.29, 1.82) is 0 Å². The molecule has 1 aliphatic rings. The standard InChI is InChI=1S/C12H6BrClN2O2/c13-7-3-1-2-5-6(4-15-10(5)7)8-9(14)12(18)16-11(8)17/h1-4,15H,(H,16,17,18). The van der Waals surface area contributed by atoms with Crippen LogP contribution in [0.15, 0.2) is 33.9 Å². The van der Waals surface area contributed by atoms with E-state index in [9.17, 15) is 9.59 Å². The SMILES string of the molecule is O=C1NC(=O)C(c2c[nH]c3c(Br)cccc23)=C1Cl. The number of benzene rings is 1. The molecule has 2 amide bonds. The Labute approximate surface area is 115 Å². The summed E-state index contributed by atoms with van der Waals surface area (Å²) in [5.41, 5.74) is 1.70. The molecule has 1 aromatic carbocycles. The first-order valence-electron chi connectivity index (χ1n) is 5.11. The summed E-state index contributed by atoms with van der Waals surface area (Å²) >= 11 is 9.29. The molecular weight excluding hydrogens is 320 g/mol. The van der Waals surface area contributed by atoms with E-state index in [1.165, 1.54) is 0 Å². The largest absolute Gasteiger partial charge is 0.360 e. The van der Waals surface area contributed by atoms with Crippen molar-refractivity contribution in [2.75, 3.05) is 0 Å². The molecule has 0 aliphatic carbocycles. The number of H-pyrrole nitrogens is 1. The van der Waals surface area contributed by atoms with Crippen LogP contribution < -0.4 is 5.32 Å². The van der Waals surface area contributed by atoms with Crippen LogP contribution in [0.4, 0.5) is 0 Å². The van der Waals surface area contributed by atoms with Crippen molar-refractivity contribution in [1.82, 2.24) is 10.3 Å². The van der Waals surface area contributed by atoms with E-state index in [2.05, 4.69) is 26.2 Å². The lowest BCUT2D eigenvalue weighted by atomic mass is 10.1. The van der Waals surface area contributed by atoms with Crippen LogP contribution in [0.3, 0.4) is 0 Å². The van der Waals surface area contributed by atoms with Gasteiger partial charge in [-0.05, 0) is 22.0 Å². The molecule has 4 nitrogen and oxygen atoms in total. The van der Waals surface area contributed by atoms with Gasteiger partial charge in [0, 0.05) is 21.6 Å². The van der Waals surface area contributed by atoms with E-state index in [1.807, 2.05) is 18.2 Å². The molecule has 0 spiro atoms. The maximum Gasteiger partial charge on any atom is 0.270 e. The molecule has 2 N–H and O–H groups in total. The van der Waals surface area contributed by atoms with Crippen LogP contribution in [0.1, 0.15) is 5.56 Å². The summed E-state index contributed by atoms with van der Waals surface area (Å²) < 4.78 is 0.882. The predicted octanol–water partition coefficient (Wildman–Crippen LogP) is 2.54. The number of halogens is 2. The van der Waals surface area contributed by atoms with Gasteiger partial charge in [-0.1, -0.05) is 23.7 Å². The molecule has 90 valence electrons. The molecule has 2 heterocycles. The Bertz CT molecular complexity index is 733.